The van der Waals surface area contributed by atoms with E-state index in [2.05, 4.69) is 0 Å². The van der Waals surface area contributed by atoms with E-state index in [1.54, 1.807) is 20.3 Å². The molecule has 3 aromatic carbocycles. The highest BCUT2D eigenvalue weighted by molar-refractivity contribution is 6.52. The van der Waals surface area contributed by atoms with E-state index in [0.717, 1.165) is 28.2 Å². The fourth-order valence-electron chi connectivity index (χ4n) is 3.33. The largest absolute Gasteiger partial charge is 0.497 e. The van der Waals surface area contributed by atoms with Gasteiger partial charge in [0.15, 0.2) is 0 Å². The van der Waals surface area contributed by atoms with Gasteiger partial charge in [-0.1, -0.05) is 30.3 Å². The average Bonchev–Trinajstić information content (AvgIpc) is 2.98. The number of benzene rings is 3. The second-order valence-corrected chi connectivity index (χ2v) is 6.53. The van der Waals surface area contributed by atoms with Crippen molar-refractivity contribution in [1.82, 2.24) is 0 Å². The summed E-state index contributed by atoms with van der Waals surface area (Å²) >= 11 is 0. The maximum atomic E-state index is 12.6. The highest BCUT2D eigenvalue weighted by atomic mass is 16.5. The molecule has 5 nitrogen and oxygen atoms in total. The quantitative estimate of drug-likeness (QED) is 0.632. The topological polar surface area (TPSA) is 55.8 Å². The Morgan fingerprint density at radius 2 is 1.32 bits per heavy atom. The zero-order valence-electron chi connectivity index (χ0n) is 15.6. The molecule has 1 heterocycles. The lowest BCUT2D eigenvalue weighted by Crippen LogP contribution is -2.29. The number of carbonyl (C=O) groups is 2. The van der Waals surface area contributed by atoms with Gasteiger partial charge in [0.05, 0.1) is 32.0 Å². The van der Waals surface area contributed by atoms with E-state index in [-0.39, 0.29) is 0 Å². The second kappa shape index (κ2) is 7.19. The van der Waals surface area contributed by atoms with Gasteiger partial charge in [0.2, 0.25) is 0 Å². The molecule has 0 radical (unpaired) electrons. The summed E-state index contributed by atoms with van der Waals surface area (Å²) in [5, 5.41) is 0. The summed E-state index contributed by atoms with van der Waals surface area (Å²) in [6.45, 7) is 0.337. The van der Waals surface area contributed by atoms with Crippen LogP contribution in [0.1, 0.15) is 15.9 Å². The van der Waals surface area contributed by atoms with Gasteiger partial charge in [0.1, 0.15) is 11.5 Å². The molecule has 0 unspecified atom stereocenters. The molecular weight excluding hydrogens is 354 g/mol. The minimum absolute atomic E-state index is 0.337. The first-order valence-electron chi connectivity index (χ1n) is 8.88. The normalized spacial score (nSPS) is 12.9. The fraction of sp³-hybridized carbons (Fsp3) is 0.130. The molecule has 4 rings (SSSR count). The maximum Gasteiger partial charge on any atom is 0.299 e. The van der Waals surface area contributed by atoms with Gasteiger partial charge in [-0.05, 0) is 53.1 Å². The maximum absolute atomic E-state index is 12.6. The molecule has 140 valence electrons. The highest BCUT2D eigenvalue weighted by Gasteiger charge is 2.35. The van der Waals surface area contributed by atoms with Crippen molar-refractivity contribution in [2.45, 2.75) is 6.54 Å². The van der Waals surface area contributed by atoms with Gasteiger partial charge >= 0.3 is 0 Å². The summed E-state index contributed by atoms with van der Waals surface area (Å²) in [4.78, 5) is 26.6. The number of hydrogen-bond acceptors (Lipinski definition) is 4. The smallest absolute Gasteiger partial charge is 0.299 e. The van der Waals surface area contributed by atoms with Crippen molar-refractivity contribution in [3.63, 3.8) is 0 Å². The molecule has 0 atom stereocenters. The predicted molar refractivity (Wildman–Crippen MR) is 107 cm³/mol. The fourth-order valence-corrected chi connectivity index (χ4v) is 3.33. The number of ether oxygens (including phenoxy) is 2. The van der Waals surface area contributed by atoms with E-state index in [1.807, 2.05) is 60.7 Å². The van der Waals surface area contributed by atoms with E-state index < -0.39 is 11.7 Å². The van der Waals surface area contributed by atoms with Gasteiger partial charge in [-0.2, -0.15) is 0 Å². The average molecular weight is 373 g/mol. The van der Waals surface area contributed by atoms with E-state index in [9.17, 15) is 9.59 Å². The van der Waals surface area contributed by atoms with Crippen LogP contribution in [0.3, 0.4) is 0 Å². The molecule has 0 aliphatic carbocycles. The van der Waals surface area contributed by atoms with Gasteiger partial charge in [-0.25, -0.2) is 0 Å². The number of hydrogen-bond donors (Lipinski definition) is 0. The molecule has 0 aromatic heterocycles. The lowest BCUT2D eigenvalue weighted by atomic mass is 10.0. The first-order chi connectivity index (χ1) is 13.6. The number of anilines is 1. The lowest BCUT2D eigenvalue weighted by Gasteiger charge is -2.17. The minimum atomic E-state index is -0.502. The number of ketones is 1. The molecule has 5 heteroatoms. The van der Waals surface area contributed by atoms with Crippen molar-refractivity contribution < 1.29 is 19.1 Å². The van der Waals surface area contributed by atoms with Crippen molar-refractivity contribution in [3.05, 3.63) is 77.9 Å². The van der Waals surface area contributed by atoms with Gasteiger partial charge in [0, 0.05) is 0 Å². The van der Waals surface area contributed by atoms with E-state index in [4.69, 9.17) is 9.47 Å². The third-order valence-corrected chi connectivity index (χ3v) is 4.89. The second-order valence-electron chi connectivity index (χ2n) is 6.53. The summed E-state index contributed by atoms with van der Waals surface area (Å²) in [5.74, 6) is 0.538. The van der Waals surface area contributed by atoms with Crippen LogP contribution in [0.2, 0.25) is 0 Å². The molecule has 0 bridgehead atoms. The van der Waals surface area contributed by atoms with Crippen LogP contribution in [-0.4, -0.2) is 25.9 Å². The summed E-state index contributed by atoms with van der Waals surface area (Å²) < 4.78 is 10.3. The van der Waals surface area contributed by atoms with Crippen molar-refractivity contribution in [3.8, 4) is 22.6 Å². The predicted octanol–water partition coefficient (Wildman–Crippen LogP) is 4.10. The zero-order valence-corrected chi connectivity index (χ0v) is 15.6. The van der Waals surface area contributed by atoms with Crippen LogP contribution in [0.15, 0.2) is 66.7 Å². The molecule has 3 aromatic rings. The van der Waals surface area contributed by atoms with Crippen molar-refractivity contribution >= 4 is 17.4 Å². The van der Waals surface area contributed by atoms with Gasteiger partial charge in [0.25, 0.3) is 11.7 Å². The highest BCUT2D eigenvalue weighted by Crippen LogP contribution is 2.34. The Balaban J connectivity index is 1.64. The van der Waals surface area contributed by atoms with E-state index >= 15 is 0 Å². The summed E-state index contributed by atoms with van der Waals surface area (Å²) in [7, 11) is 3.22. The number of Topliss-reactive ketones (excluding diaryl/α,β-unsaturated/α-hetero) is 1. The third kappa shape index (κ3) is 3.11. The Labute approximate surface area is 163 Å². The van der Waals surface area contributed by atoms with Crippen LogP contribution < -0.4 is 14.4 Å². The number of amides is 1. The van der Waals surface area contributed by atoms with Crippen LogP contribution in [0.5, 0.6) is 11.5 Å². The molecule has 1 amide bonds. The van der Waals surface area contributed by atoms with Crippen LogP contribution >= 0.6 is 0 Å². The first kappa shape index (κ1) is 17.8. The Bertz CT molecular complexity index is 1040. The summed E-state index contributed by atoms with van der Waals surface area (Å²) in [6, 6.07) is 20.6. The molecule has 0 fully saturated rings. The lowest BCUT2D eigenvalue weighted by molar-refractivity contribution is -0.114. The molecule has 28 heavy (non-hydrogen) atoms. The molecule has 0 N–H and O–H groups in total. The molecule has 0 saturated carbocycles. The molecule has 0 saturated heterocycles. The molecule has 0 spiro atoms. The molecular formula is C23H19NO4. The number of rotatable bonds is 5. The van der Waals surface area contributed by atoms with Crippen molar-refractivity contribution in [2.24, 2.45) is 0 Å². The summed E-state index contributed by atoms with van der Waals surface area (Å²) in [5.41, 5.74) is 3.84. The number of fused-ring (bicyclic) bond motifs is 1. The van der Waals surface area contributed by atoms with Crippen LogP contribution in [0.4, 0.5) is 5.69 Å². The Hall–Kier alpha value is -3.60. The monoisotopic (exact) mass is 373 g/mol. The Morgan fingerprint density at radius 3 is 1.93 bits per heavy atom. The molecule has 1 aliphatic rings. The van der Waals surface area contributed by atoms with Crippen LogP contribution in [0.25, 0.3) is 11.1 Å². The Kier molecular flexibility index (Phi) is 4.57. The SMILES string of the molecule is COc1ccc(CN2C(=O)C(=O)c3cc(-c4ccc(OC)cc4)ccc32)cc1. The summed E-state index contributed by atoms with van der Waals surface area (Å²) in [6.07, 6.45) is 0. The third-order valence-electron chi connectivity index (χ3n) is 4.89. The van der Waals surface area contributed by atoms with Gasteiger partial charge in [-0.15, -0.1) is 0 Å². The van der Waals surface area contributed by atoms with E-state index in [0.29, 0.717) is 17.8 Å². The van der Waals surface area contributed by atoms with Crippen LogP contribution in [0, 0.1) is 0 Å². The zero-order chi connectivity index (χ0) is 19.7. The first-order valence-corrected chi connectivity index (χ1v) is 8.88. The molecule has 1 aliphatic heterocycles. The van der Waals surface area contributed by atoms with Gasteiger partial charge < -0.3 is 14.4 Å². The van der Waals surface area contributed by atoms with Gasteiger partial charge in [-0.3, -0.25) is 9.59 Å². The number of carbonyl (C=O) groups excluding carboxylic acids is 2. The van der Waals surface area contributed by atoms with Crippen molar-refractivity contribution in [2.75, 3.05) is 19.1 Å². The Morgan fingerprint density at radius 1 is 0.750 bits per heavy atom. The number of nitrogens with zero attached hydrogens (tertiary/aromatic N) is 1. The standard InChI is InChI=1S/C23H19NO4/c1-27-18-8-3-15(4-9-18)14-24-21-12-7-17(13-20(21)22(25)23(24)26)16-5-10-19(28-2)11-6-16/h3-13H,14H2,1-2H3. The van der Waals surface area contributed by atoms with Crippen molar-refractivity contribution in [1.29, 1.82) is 0 Å². The number of methoxy groups -OCH3 is 2. The van der Waals surface area contributed by atoms with E-state index in [1.165, 1.54) is 4.90 Å². The van der Waals surface area contributed by atoms with Crippen LogP contribution in [-0.2, 0) is 11.3 Å². The minimum Gasteiger partial charge on any atom is -0.497 e.